The quantitative estimate of drug-likeness (QED) is 0.0551. The summed E-state index contributed by atoms with van der Waals surface area (Å²) in [5.41, 5.74) is 2.23. The molecule has 224 valence electrons. The molecule has 1 atom stereocenters. The molecule has 0 fully saturated rings. The van der Waals surface area contributed by atoms with E-state index in [1.54, 1.807) is 99.0 Å². The number of carbonyl (C=O) groups is 4. The Morgan fingerprint density at radius 2 is 1.00 bits per heavy atom. The van der Waals surface area contributed by atoms with Gasteiger partial charge in [0.15, 0.2) is 11.6 Å². The van der Waals surface area contributed by atoms with Gasteiger partial charge in [-0.05, 0) is 97.1 Å². The highest BCUT2D eigenvalue weighted by molar-refractivity contribution is 9.10. The van der Waals surface area contributed by atoms with Crippen molar-refractivity contribution in [1.82, 2.24) is 0 Å². The highest BCUT2D eigenvalue weighted by atomic mass is 79.9. The molecule has 0 aliphatic heterocycles. The third-order valence-corrected chi connectivity index (χ3v) is 6.36. The molecule has 0 spiro atoms. The summed E-state index contributed by atoms with van der Waals surface area (Å²) >= 11 is 3.32. The van der Waals surface area contributed by atoms with Gasteiger partial charge in [0, 0.05) is 45.8 Å². The lowest BCUT2D eigenvalue weighted by molar-refractivity contribution is -0.155. The van der Waals surface area contributed by atoms with Crippen molar-refractivity contribution in [3.63, 3.8) is 0 Å². The number of carbonyl (C=O) groups excluding carboxylic acids is 4. The van der Waals surface area contributed by atoms with Crippen molar-refractivity contribution in [3.05, 3.63) is 149 Å². The second-order valence-corrected chi connectivity index (χ2v) is 9.81. The van der Waals surface area contributed by atoms with E-state index in [9.17, 15) is 19.2 Å². The first-order valence-electron chi connectivity index (χ1n) is 13.2. The van der Waals surface area contributed by atoms with Crippen LogP contribution in [-0.2, 0) is 14.3 Å². The van der Waals surface area contributed by atoms with Gasteiger partial charge in [-0.25, -0.2) is 9.59 Å². The van der Waals surface area contributed by atoms with Gasteiger partial charge in [0.05, 0.1) is 7.11 Å². The predicted molar refractivity (Wildman–Crippen MR) is 169 cm³/mol. The van der Waals surface area contributed by atoms with Crippen LogP contribution < -0.4 is 14.2 Å². The molecular formula is C35H29BrO8. The van der Waals surface area contributed by atoms with Crippen molar-refractivity contribution in [2.24, 2.45) is 0 Å². The van der Waals surface area contributed by atoms with E-state index in [4.69, 9.17) is 18.9 Å². The number of rotatable bonds is 11. The fourth-order valence-corrected chi connectivity index (χ4v) is 3.89. The van der Waals surface area contributed by atoms with Gasteiger partial charge < -0.3 is 18.9 Å². The summed E-state index contributed by atoms with van der Waals surface area (Å²) < 4.78 is 21.3. The Labute approximate surface area is 263 Å². The molecule has 0 radical (unpaired) electrons. The minimum atomic E-state index is -0.751. The number of ketones is 2. The molecule has 0 aliphatic carbocycles. The summed E-state index contributed by atoms with van der Waals surface area (Å²) in [7, 11) is 1.57. The van der Waals surface area contributed by atoms with Crippen LogP contribution in [0.2, 0.25) is 0 Å². The summed E-state index contributed by atoms with van der Waals surface area (Å²) in [5.74, 6) is 0.284. The van der Waals surface area contributed by atoms with Crippen LogP contribution in [0.15, 0.2) is 127 Å². The van der Waals surface area contributed by atoms with Crippen molar-refractivity contribution < 1.29 is 38.1 Å². The van der Waals surface area contributed by atoms with E-state index in [0.717, 1.165) is 16.6 Å². The lowest BCUT2D eigenvalue weighted by atomic mass is 10.0. The summed E-state index contributed by atoms with van der Waals surface area (Å²) in [4.78, 5) is 46.7. The largest absolute Gasteiger partial charge is 0.497 e. The normalized spacial score (nSPS) is 10.6. The minimum absolute atomic E-state index is 0.0842. The molecule has 9 heteroatoms. The molecule has 44 heavy (non-hydrogen) atoms. The first-order chi connectivity index (χ1) is 21.1. The second kappa shape index (κ2) is 16.4. The van der Waals surface area contributed by atoms with Crippen LogP contribution in [0.25, 0.3) is 0 Å². The maximum absolute atomic E-state index is 12.4. The molecule has 4 rings (SSSR count). The summed E-state index contributed by atoms with van der Waals surface area (Å²) in [6.45, 7) is 8.23. The van der Waals surface area contributed by atoms with Crippen LogP contribution in [-0.4, -0.2) is 36.9 Å². The van der Waals surface area contributed by atoms with Crippen LogP contribution in [0.4, 0.5) is 0 Å². The van der Waals surface area contributed by atoms with E-state index < -0.39 is 18.2 Å². The second-order valence-electron chi connectivity index (χ2n) is 8.89. The molecule has 4 aromatic carbocycles. The van der Waals surface area contributed by atoms with E-state index in [2.05, 4.69) is 29.1 Å². The molecule has 0 aliphatic rings. The third-order valence-electron chi connectivity index (χ3n) is 5.83. The molecule has 8 nitrogen and oxygen atoms in total. The lowest BCUT2D eigenvalue weighted by Crippen LogP contribution is -2.19. The van der Waals surface area contributed by atoms with Crippen LogP contribution in [0.1, 0.15) is 38.8 Å². The minimum Gasteiger partial charge on any atom is -0.497 e. The van der Waals surface area contributed by atoms with E-state index in [-0.39, 0.29) is 11.6 Å². The number of benzene rings is 4. The van der Waals surface area contributed by atoms with Crippen molar-refractivity contribution >= 4 is 39.4 Å². The highest BCUT2D eigenvalue weighted by Gasteiger charge is 2.12. The molecule has 0 saturated carbocycles. The van der Waals surface area contributed by atoms with Gasteiger partial charge >= 0.3 is 11.9 Å². The molecule has 0 aromatic heterocycles. The van der Waals surface area contributed by atoms with E-state index in [0.29, 0.717) is 39.5 Å². The first kappa shape index (κ1) is 33.2. The average molecular weight is 658 g/mol. The highest BCUT2D eigenvalue weighted by Crippen LogP contribution is 2.20. The standard InChI is InChI=1S/C19H18O5.C16H11BrO3/c1-4-18(20)24-13(2)23-17-11-7-15(8-12-17)19(21)14-5-9-16(22-3)10-6-14;1-2-15(18)20-14-9-5-12(6-10-14)16(19)11-3-7-13(17)8-4-11/h4-13H,1H2,2-3H3;2-10H,1H2. The van der Waals surface area contributed by atoms with Gasteiger partial charge in [0.1, 0.15) is 17.2 Å². The Morgan fingerprint density at radius 1 is 0.614 bits per heavy atom. The zero-order valence-corrected chi connectivity index (χ0v) is 25.6. The van der Waals surface area contributed by atoms with E-state index in [1.165, 1.54) is 0 Å². The Bertz CT molecular complexity index is 1610. The smallest absolute Gasteiger partial charge is 0.335 e. The molecule has 0 saturated heterocycles. The van der Waals surface area contributed by atoms with Crippen molar-refractivity contribution in [2.45, 2.75) is 13.2 Å². The topological polar surface area (TPSA) is 105 Å². The van der Waals surface area contributed by atoms with Gasteiger partial charge in [0.25, 0.3) is 0 Å². The van der Waals surface area contributed by atoms with Gasteiger partial charge in [-0.3, -0.25) is 9.59 Å². The average Bonchev–Trinajstić information content (AvgIpc) is 3.05. The number of halogens is 1. The molecule has 0 N–H and O–H groups in total. The molecule has 0 heterocycles. The Hall–Kier alpha value is -5.28. The molecular weight excluding hydrogens is 628 g/mol. The Balaban J connectivity index is 0.000000244. The van der Waals surface area contributed by atoms with Crippen LogP contribution in [0.3, 0.4) is 0 Å². The molecule has 1 unspecified atom stereocenters. The number of methoxy groups -OCH3 is 1. The number of esters is 2. The monoisotopic (exact) mass is 656 g/mol. The number of hydrogen-bond donors (Lipinski definition) is 0. The van der Waals surface area contributed by atoms with Crippen molar-refractivity contribution in [2.75, 3.05) is 7.11 Å². The van der Waals surface area contributed by atoms with Crippen LogP contribution in [0.5, 0.6) is 17.2 Å². The van der Waals surface area contributed by atoms with Gasteiger partial charge in [-0.2, -0.15) is 0 Å². The number of hydrogen-bond acceptors (Lipinski definition) is 8. The first-order valence-corrected chi connectivity index (χ1v) is 14.0. The third kappa shape index (κ3) is 9.92. The summed E-state index contributed by atoms with van der Waals surface area (Å²) in [6, 6.07) is 27.0. The summed E-state index contributed by atoms with van der Waals surface area (Å²) in [6.07, 6.45) is 1.40. The fraction of sp³-hybridized carbons (Fsp3) is 0.0857. The van der Waals surface area contributed by atoms with Gasteiger partial charge in [-0.15, -0.1) is 0 Å². The lowest BCUT2D eigenvalue weighted by Gasteiger charge is -2.14. The zero-order valence-electron chi connectivity index (χ0n) is 24.0. The predicted octanol–water partition coefficient (Wildman–Crippen LogP) is 7.15. The van der Waals surface area contributed by atoms with Crippen molar-refractivity contribution in [3.8, 4) is 17.2 Å². The van der Waals surface area contributed by atoms with Crippen LogP contribution >= 0.6 is 15.9 Å². The molecule has 0 amide bonds. The van der Waals surface area contributed by atoms with E-state index in [1.807, 2.05) is 12.1 Å². The fourth-order valence-electron chi connectivity index (χ4n) is 3.62. The van der Waals surface area contributed by atoms with Gasteiger partial charge in [-0.1, -0.05) is 29.1 Å². The Kier molecular flexibility index (Phi) is 12.4. The maximum atomic E-state index is 12.4. The van der Waals surface area contributed by atoms with Crippen LogP contribution in [0, 0.1) is 0 Å². The maximum Gasteiger partial charge on any atom is 0.335 e. The Morgan fingerprint density at radius 3 is 1.41 bits per heavy atom. The molecule has 0 bridgehead atoms. The summed E-state index contributed by atoms with van der Waals surface area (Å²) in [5, 5.41) is 0. The molecule has 4 aromatic rings. The number of ether oxygens (including phenoxy) is 4. The van der Waals surface area contributed by atoms with E-state index >= 15 is 0 Å². The zero-order chi connectivity index (χ0) is 32.1. The van der Waals surface area contributed by atoms with Crippen molar-refractivity contribution in [1.29, 1.82) is 0 Å². The SMILES string of the molecule is C=CC(=O)OC(C)Oc1ccc(C(=O)c2ccc(OC)cc2)cc1.C=CC(=O)Oc1ccc(C(=O)c2ccc(Br)cc2)cc1. The van der Waals surface area contributed by atoms with Gasteiger partial charge in [0.2, 0.25) is 6.29 Å².